The summed E-state index contributed by atoms with van der Waals surface area (Å²) in [7, 11) is 0. The van der Waals surface area contributed by atoms with E-state index in [4.69, 9.17) is 4.74 Å². The van der Waals surface area contributed by atoms with Crippen molar-refractivity contribution in [1.29, 1.82) is 0 Å². The molecule has 0 radical (unpaired) electrons. The van der Waals surface area contributed by atoms with E-state index in [9.17, 15) is 14.7 Å². The molecule has 1 aliphatic rings. The minimum absolute atomic E-state index is 0. The molecular formula is C24H27ClN2O4S. The number of benzene rings is 2. The molecule has 0 aliphatic carbocycles. The molecule has 3 aromatic rings. The van der Waals surface area contributed by atoms with Gasteiger partial charge in [0.05, 0.1) is 11.3 Å². The molecule has 8 heteroatoms. The number of hydrogen-bond donors (Lipinski definition) is 2. The monoisotopic (exact) mass is 474 g/mol. The molecule has 1 fully saturated rings. The van der Waals surface area contributed by atoms with E-state index in [1.165, 1.54) is 30.6 Å². The number of carbonyl (C=O) groups excluding carboxylic acids is 2. The Hall–Kier alpha value is -2.61. The molecule has 1 aliphatic heterocycles. The number of thiophene rings is 1. The van der Waals surface area contributed by atoms with Gasteiger partial charge in [-0.15, -0.1) is 23.7 Å². The molecule has 0 atom stereocenters. The Labute approximate surface area is 197 Å². The predicted octanol–water partition coefficient (Wildman–Crippen LogP) is 5.44. The number of nitrogens with one attached hydrogen (secondary N) is 1. The van der Waals surface area contributed by atoms with Crippen LogP contribution in [0.15, 0.2) is 42.5 Å². The molecule has 1 saturated heterocycles. The third-order valence-electron chi connectivity index (χ3n) is 5.50. The van der Waals surface area contributed by atoms with Gasteiger partial charge < -0.3 is 15.2 Å². The molecule has 4 rings (SSSR count). The van der Waals surface area contributed by atoms with Crippen LogP contribution in [0, 0.1) is 0 Å². The maximum absolute atomic E-state index is 12.7. The van der Waals surface area contributed by atoms with E-state index in [-0.39, 0.29) is 36.2 Å². The van der Waals surface area contributed by atoms with Crippen molar-refractivity contribution < 1.29 is 19.4 Å². The van der Waals surface area contributed by atoms with Crippen LogP contribution in [-0.4, -0.2) is 41.6 Å². The number of likely N-dealkylation sites (tertiary alicyclic amines) is 1. The molecule has 2 N–H and O–H groups in total. The topological polar surface area (TPSA) is 78.9 Å². The standard InChI is InChI=1S/C24H26N2O4S.ClH/c1-2-30-24(29)19-18-12-11-17(15-26-13-7-4-8-14-26)20(27)21(18)31-23(19)25-22(28)16-9-5-3-6-10-16;/h3,5-6,9-12,27H,2,4,7-8,13-15H2,1H3,(H,25,28);1H. The van der Waals surface area contributed by atoms with Gasteiger partial charge in [-0.3, -0.25) is 9.69 Å². The largest absolute Gasteiger partial charge is 0.506 e. The molecule has 0 bridgehead atoms. The summed E-state index contributed by atoms with van der Waals surface area (Å²) in [4.78, 5) is 27.8. The number of fused-ring (bicyclic) bond motifs is 1. The third-order valence-corrected chi connectivity index (χ3v) is 6.63. The highest BCUT2D eigenvalue weighted by molar-refractivity contribution is 7.24. The second kappa shape index (κ2) is 10.8. The Morgan fingerprint density at radius 2 is 1.81 bits per heavy atom. The Morgan fingerprint density at radius 1 is 1.09 bits per heavy atom. The van der Waals surface area contributed by atoms with E-state index in [0.717, 1.165) is 18.7 Å². The van der Waals surface area contributed by atoms with Gasteiger partial charge in [-0.25, -0.2) is 4.79 Å². The number of ether oxygens (including phenoxy) is 1. The summed E-state index contributed by atoms with van der Waals surface area (Å²) in [6.45, 7) is 4.67. The highest BCUT2D eigenvalue weighted by Gasteiger charge is 2.25. The number of halogens is 1. The zero-order valence-electron chi connectivity index (χ0n) is 17.9. The molecular weight excluding hydrogens is 448 g/mol. The van der Waals surface area contributed by atoms with Crippen LogP contribution in [0.1, 0.15) is 52.5 Å². The number of anilines is 1. The summed E-state index contributed by atoms with van der Waals surface area (Å²) < 4.78 is 5.82. The number of aromatic hydroxyl groups is 1. The number of amides is 1. The smallest absolute Gasteiger partial charge is 0.341 e. The van der Waals surface area contributed by atoms with E-state index < -0.39 is 5.97 Å². The van der Waals surface area contributed by atoms with Gasteiger partial charge in [0.25, 0.3) is 5.91 Å². The first-order chi connectivity index (χ1) is 15.1. The van der Waals surface area contributed by atoms with Crippen LogP contribution in [0.4, 0.5) is 5.00 Å². The van der Waals surface area contributed by atoms with Gasteiger partial charge in [-0.1, -0.05) is 36.8 Å². The third kappa shape index (κ3) is 5.06. The van der Waals surface area contributed by atoms with Crippen LogP contribution >= 0.6 is 23.7 Å². The highest BCUT2D eigenvalue weighted by Crippen LogP contribution is 2.43. The summed E-state index contributed by atoms with van der Waals surface area (Å²) in [6, 6.07) is 12.5. The van der Waals surface area contributed by atoms with E-state index in [1.54, 1.807) is 31.2 Å². The number of carbonyl (C=O) groups is 2. The van der Waals surface area contributed by atoms with Crippen LogP contribution in [0.3, 0.4) is 0 Å². The lowest BCUT2D eigenvalue weighted by molar-refractivity contribution is 0.0530. The van der Waals surface area contributed by atoms with Gasteiger partial charge >= 0.3 is 5.97 Å². The van der Waals surface area contributed by atoms with Crippen molar-refractivity contribution in [3.8, 4) is 5.75 Å². The Bertz CT molecular complexity index is 1090. The number of rotatable bonds is 6. The van der Waals surface area contributed by atoms with Gasteiger partial charge in [0, 0.05) is 23.1 Å². The van der Waals surface area contributed by atoms with E-state index in [0.29, 0.717) is 27.2 Å². The fraction of sp³-hybridized carbons (Fsp3) is 0.333. The lowest BCUT2D eigenvalue weighted by Gasteiger charge is -2.26. The molecule has 1 amide bonds. The molecule has 2 aromatic carbocycles. The summed E-state index contributed by atoms with van der Waals surface area (Å²) in [6.07, 6.45) is 3.59. The summed E-state index contributed by atoms with van der Waals surface area (Å²) >= 11 is 1.20. The van der Waals surface area contributed by atoms with Crippen LogP contribution in [-0.2, 0) is 11.3 Å². The maximum Gasteiger partial charge on any atom is 0.341 e. The first kappa shape index (κ1) is 24.0. The zero-order chi connectivity index (χ0) is 21.8. The minimum atomic E-state index is -0.514. The number of phenols is 1. The summed E-state index contributed by atoms with van der Waals surface area (Å²) in [5.74, 6) is -0.662. The first-order valence-corrected chi connectivity index (χ1v) is 11.4. The SMILES string of the molecule is CCOC(=O)c1c(NC(=O)c2ccccc2)sc2c(O)c(CN3CCCCC3)ccc12.Cl. The fourth-order valence-electron chi connectivity index (χ4n) is 3.93. The van der Waals surface area contributed by atoms with Crippen molar-refractivity contribution in [1.82, 2.24) is 4.90 Å². The Kier molecular flexibility index (Phi) is 8.12. The van der Waals surface area contributed by atoms with Crippen molar-refractivity contribution in [2.24, 2.45) is 0 Å². The Balaban J connectivity index is 0.00000289. The van der Waals surface area contributed by atoms with Crippen LogP contribution in [0.25, 0.3) is 10.1 Å². The quantitative estimate of drug-likeness (QED) is 0.465. The maximum atomic E-state index is 12.7. The lowest BCUT2D eigenvalue weighted by atomic mass is 10.1. The number of phenolic OH excluding ortho intramolecular Hbond substituents is 1. The van der Waals surface area contributed by atoms with Gasteiger partial charge in [0.15, 0.2) is 0 Å². The second-order valence-corrected chi connectivity index (χ2v) is 8.65. The molecule has 0 unspecified atom stereocenters. The molecule has 0 spiro atoms. The van der Waals surface area contributed by atoms with Crippen molar-refractivity contribution in [3.05, 3.63) is 59.2 Å². The van der Waals surface area contributed by atoms with Gasteiger partial charge in [-0.05, 0) is 45.0 Å². The number of hydrogen-bond acceptors (Lipinski definition) is 6. The van der Waals surface area contributed by atoms with Gasteiger partial charge in [0.2, 0.25) is 0 Å². The minimum Gasteiger partial charge on any atom is -0.506 e. The molecule has 2 heterocycles. The van der Waals surface area contributed by atoms with Crippen LogP contribution in [0.5, 0.6) is 5.75 Å². The molecule has 1 aromatic heterocycles. The summed E-state index contributed by atoms with van der Waals surface area (Å²) in [5.41, 5.74) is 1.60. The first-order valence-electron chi connectivity index (χ1n) is 10.6. The number of piperidine rings is 1. The van der Waals surface area contributed by atoms with Crippen LogP contribution in [0.2, 0.25) is 0 Å². The summed E-state index contributed by atoms with van der Waals surface area (Å²) in [5, 5.41) is 14.8. The van der Waals surface area contributed by atoms with Crippen molar-refractivity contribution in [2.45, 2.75) is 32.7 Å². The van der Waals surface area contributed by atoms with Gasteiger partial charge in [-0.2, -0.15) is 0 Å². The van der Waals surface area contributed by atoms with Crippen molar-refractivity contribution in [2.75, 3.05) is 25.0 Å². The second-order valence-electron chi connectivity index (χ2n) is 7.63. The predicted molar refractivity (Wildman–Crippen MR) is 130 cm³/mol. The molecule has 6 nitrogen and oxygen atoms in total. The normalized spacial score (nSPS) is 14.0. The Morgan fingerprint density at radius 3 is 2.50 bits per heavy atom. The lowest BCUT2D eigenvalue weighted by Crippen LogP contribution is -2.29. The molecule has 170 valence electrons. The van der Waals surface area contributed by atoms with E-state index in [2.05, 4.69) is 10.2 Å². The van der Waals surface area contributed by atoms with Crippen molar-refractivity contribution >= 4 is 50.7 Å². The average Bonchev–Trinajstić information content (AvgIpc) is 3.16. The number of esters is 1. The van der Waals surface area contributed by atoms with Crippen LogP contribution < -0.4 is 5.32 Å². The van der Waals surface area contributed by atoms with Gasteiger partial charge in [0.1, 0.15) is 16.3 Å². The molecule has 32 heavy (non-hydrogen) atoms. The van der Waals surface area contributed by atoms with Crippen molar-refractivity contribution in [3.63, 3.8) is 0 Å². The molecule has 0 saturated carbocycles. The average molecular weight is 475 g/mol. The zero-order valence-corrected chi connectivity index (χ0v) is 19.6. The van der Waals surface area contributed by atoms with E-state index >= 15 is 0 Å². The highest BCUT2D eigenvalue weighted by atomic mass is 35.5. The number of nitrogens with zero attached hydrogens (tertiary/aromatic N) is 1. The van der Waals surface area contributed by atoms with E-state index in [1.807, 2.05) is 18.2 Å². The fourth-order valence-corrected chi connectivity index (χ4v) is 5.08.